The lowest BCUT2D eigenvalue weighted by atomic mass is 9.94. The van der Waals surface area contributed by atoms with Crippen LogP contribution in [0.25, 0.3) is 10.9 Å². The summed E-state index contributed by atoms with van der Waals surface area (Å²) in [6.07, 6.45) is 6.62. The molecule has 1 aliphatic rings. The number of rotatable bonds is 8. The number of pyridine rings is 1. The van der Waals surface area contributed by atoms with Crippen LogP contribution < -0.4 is 26.4 Å². The van der Waals surface area contributed by atoms with Crippen molar-refractivity contribution < 1.29 is 19.1 Å². The number of nitrogens with zero attached hydrogens (tertiary/aromatic N) is 3. The highest BCUT2D eigenvalue weighted by atomic mass is 32.1. The summed E-state index contributed by atoms with van der Waals surface area (Å²) in [6.45, 7) is 0. The lowest BCUT2D eigenvalue weighted by Gasteiger charge is -2.34. The molecular weight excluding hydrogens is 528 g/mol. The highest BCUT2D eigenvalue weighted by molar-refractivity contribution is 7.09. The maximum Gasteiger partial charge on any atom is 0.273 e. The number of methoxy groups -OCH3 is 1. The number of nitrogens with one attached hydrogen (secondary N) is 1. The maximum absolute atomic E-state index is 14.4. The Morgan fingerprint density at radius 1 is 1.07 bits per heavy atom. The SMILES string of the molecule is COc1ccccc1N(C(=O)c1snc(C(N)=O)c1N)[C@H](C(=O)NC1CCCCC1)c1ccc2ncccc2c1. The van der Waals surface area contributed by atoms with Crippen LogP contribution >= 0.6 is 11.5 Å². The van der Waals surface area contributed by atoms with Crippen LogP contribution in [0.2, 0.25) is 0 Å². The van der Waals surface area contributed by atoms with Crippen molar-refractivity contribution in [3.8, 4) is 5.75 Å². The van der Waals surface area contributed by atoms with Crippen LogP contribution in [0.15, 0.2) is 60.8 Å². The average Bonchev–Trinajstić information content (AvgIpc) is 3.37. The second kappa shape index (κ2) is 11.7. The van der Waals surface area contributed by atoms with Gasteiger partial charge in [-0.05, 0) is 60.3 Å². The predicted molar refractivity (Wildman–Crippen MR) is 154 cm³/mol. The van der Waals surface area contributed by atoms with Crippen LogP contribution in [0.5, 0.6) is 5.75 Å². The third kappa shape index (κ3) is 5.32. The van der Waals surface area contributed by atoms with E-state index in [9.17, 15) is 14.4 Å². The van der Waals surface area contributed by atoms with E-state index in [-0.39, 0.29) is 28.2 Å². The zero-order chi connectivity index (χ0) is 28.2. The molecule has 1 fully saturated rings. The summed E-state index contributed by atoms with van der Waals surface area (Å²) in [5.41, 5.74) is 13.0. The molecule has 2 aromatic heterocycles. The number of carbonyl (C=O) groups excluding carboxylic acids is 3. The summed E-state index contributed by atoms with van der Waals surface area (Å²) in [5, 5.41) is 4.01. The molecule has 3 amide bonds. The number of hydrogen-bond acceptors (Lipinski definition) is 8. The fraction of sp³-hybridized carbons (Fsp3) is 0.276. The first-order valence-electron chi connectivity index (χ1n) is 13.1. The van der Waals surface area contributed by atoms with Gasteiger partial charge in [0.05, 0.1) is 24.0 Å². The molecule has 0 bridgehead atoms. The summed E-state index contributed by atoms with van der Waals surface area (Å²) in [4.78, 5) is 46.2. The molecule has 1 atom stereocenters. The molecule has 1 saturated carbocycles. The van der Waals surface area contributed by atoms with Gasteiger partial charge < -0.3 is 21.5 Å². The standard InChI is InChI=1S/C29H30N6O4S/c1-39-22-12-6-5-11-21(22)35(29(38)26-23(30)24(27(31)36)34-40-26)25(28(37)33-19-9-3-2-4-10-19)18-13-14-20-17(16-18)8-7-15-32-20/h5-8,11-16,19,25H,2-4,9-10,30H2,1H3,(H2,31,36)(H,33,37)/t25-/m0/s1. The Hall–Kier alpha value is -4.51. The maximum atomic E-state index is 14.4. The molecule has 10 nitrogen and oxygen atoms in total. The third-order valence-electron chi connectivity index (χ3n) is 7.12. The number of anilines is 2. The van der Waals surface area contributed by atoms with Crippen molar-refractivity contribution in [2.24, 2.45) is 5.73 Å². The van der Waals surface area contributed by atoms with E-state index < -0.39 is 17.9 Å². The van der Waals surface area contributed by atoms with Crippen LogP contribution in [0.4, 0.5) is 11.4 Å². The van der Waals surface area contributed by atoms with E-state index in [1.54, 1.807) is 36.5 Å². The van der Waals surface area contributed by atoms with Crippen LogP contribution in [-0.2, 0) is 4.79 Å². The molecule has 2 heterocycles. The molecule has 206 valence electrons. The minimum atomic E-state index is -1.10. The number of nitrogen functional groups attached to an aromatic ring is 1. The summed E-state index contributed by atoms with van der Waals surface area (Å²) in [6, 6.07) is 15.0. The van der Waals surface area contributed by atoms with Gasteiger partial charge >= 0.3 is 0 Å². The smallest absolute Gasteiger partial charge is 0.273 e. The van der Waals surface area contributed by atoms with Gasteiger partial charge in [0.1, 0.15) is 16.7 Å². The quantitative estimate of drug-likeness (QED) is 0.293. The normalized spacial score (nSPS) is 14.4. The highest BCUT2D eigenvalue weighted by Gasteiger charge is 2.38. The number of fused-ring (bicyclic) bond motifs is 1. The minimum Gasteiger partial charge on any atom is -0.495 e. The number of hydrogen-bond donors (Lipinski definition) is 3. The van der Waals surface area contributed by atoms with Crippen molar-refractivity contribution in [3.05, 3.63) is 76.9 Å². The van der Waals surface area contributed by atoms with Crippen LogP contribution in [-0.4, -0.2) is 40.2 Å². The molecule has 40 heavy (non-hydrogen) atoms. The Morgan fingerprint density at radius 3 is 2.58 bits per heavy atom. The fourth-order valence-electron chi connectivity index (χ4n) is 5.14. The largest absolute Gasteiger partial charge is 0.495 e. The average molecular weight is 559 g/mol. The van der Waals surface area contributed by atoms with Crippen molar-refractivity contribution >= 4 is 51.5 Å². The molecule has 0 spiro atoms. The number of aromatic nitrogens is 2. The molecule has 0 radical (unpaired) electrons. The molecule has 5 rings (SSSR count). The van der Waals surface area contributed by atoms with Crippen molar-refractivity contribution in [1.29, 1.82) is 0 Å². The molecule has 2 aromatic carbocycles. The van der Waals surface area contributed by atoms with Gasteiger partial charge in [0.2, 0.25) is 5.91 Å². The number of primary amides is 1. The van der Waals surface area contributed by atoms with Gasteiger partial charge in [-0.1, -0.05) is 43.5 Å². The zero-order valence-corrected chi connectivity index (χ0v) is 22.8. The minimum absolute atomic E-state index is 0.00220. The number of amides is 3. The Balaban J connectivity index is 1.69. The van der Waals surface area contributed by atoms with Gasteiger partial charge in [-0.3, -0.25) is 24.3 Å². The Morgan fingerprint density at radius 2 is 1.85 bits per heavy atom. The molecular formula is C29H30N6O4S. The van der Waals surface area contributed by atoms with Gasteiger partial charge in [0.25, 0.3) is 11.8 Å². The number of ether oxygens (including phenoxy) is 1. The van der Waals surface area contributed by atoms with Gasteiger partial charge in [-0.25, -0.2) is 0 Å². The zero-order valence-electron chi connectivity index (χ0n) is 22.0. The van der Waals surface area contributed by atoms with Gasteiger partial charge in [-0.15, -0.1) is 0 Å². The van der Waals surface area contributed by atoms with E-state index in [2.05, 4.69) is 14.7 Å². The second-order valence-electron chi connectivity index (χ2n) is 9.69. The Labute approximate surface area is 235 Å². The van der Waals surface area contributed by atoms with Crippen molar-refractivity contribution in [2.45, 2.75) is 44.2 Å². The van der Waals surface area contributed by atoms with Gasteiger partial charge in [0, 0.05) is 17.6 Å². The summed E-state index contributed by atoms with van der Waals surface area (Å²) >= 11 is 0.762. The van der Waals surface area contributed by atoms with Gasteiger partial charge in [-0.2, -0.15) is 4.37 Å². The molecule has 0 aliphatic heterocycles. The van der Waals surface area contributed by atoms with E-state index in [1.807, 2.05) is 24.3 Å². The number of para-hydroxylation sites is 2. The van der Waals surface area contributed by atoms with E-state index >= 15 is 0 Å². The summed E-state index contributed by atoms with van der Waals surface area (Å²) < 4.78 is 9.64. The second-order valence-corrected chi connectivity index (χ2v) is 10.5. The summed E-state index contributed by atoms with van der Waals surface area (Å²) in [7, 11) is 1.49. The van der Waals surface area contributed by atoms with Crippen molar-refractivity contribution in [3.63, 3.8) is 0 Å². The molecule has 11 heteroatoms. The monoisotopic (exact) mass is 558 g/mol. The van der Waals surface area contributed by atoms with Crippen molar-refractivity contribution in [1.82, 2.24) is 14.7 Å². The number of benzene rings is 2. The van der Waals surface area contributed by atoms with Crippen LogP contribution in [0.3, 0.4) is 0 Å². The molecule has 4 aromatic rings. The lowest BCUT2D eigenvalue weighted by molar-refractivity contribution is -0.123. The first-order chi connectivity index (χ1) is 19.4. The lowest BCUT2D eigenvalue weighted by Crippen LogP contribution is -2.47. The van der Waals surface area contributed by atoms with E-state index in [0.29, 0.717) is 17.0 Å². The van der Waals surface area contributed by atoms with E-state index in [0.717, 1.165) is 54.5 Å². The molecule has 0 saturated heterocycles. The molecule has 1 aliphatic carbocycles. The molecule has 5 N–H and O–H groups in total. The van der Waals surface area contributed by atoms with E-state index in [1.165, 1.54) is 12.0 Å². The predicted octanol–water partition coefficient (Wildman–Crippen LogP) is 4.22. The Kier molecular flexibility index (Phi) is 7.92. The fourth-order valence-corrected chi connectivity index (χ4v) is 5.88. The summed E-state index contributed by atoms with van der Waals surface area (Å²) in [5.74, 6) is -1.41. The van der Waals surface area contributed by atoms with Gasteiger partial charge in [0.15, 0.2) is 5.69 Å². The first kappa shape index (κ1) is 27.1. The van der Waals surface area contributed by atoms with Crippen LogP contribution in [0, 0.1) is 0 Å². The highest BCUT2D eigenvalue weighted by Crippen LogP contribution is 2.38. The van der Waals surface area contributed by atoms with Crippen LogP contribution in [0.1, 0.15) is 63.9 Å². The first-order valence-corrected chi connectivity index (χ1v) is 13.8. The van der Waals surface area contributed by atoms with E-state index in [4.69, 9.17) is 16.2 Å². The topological polar surface area (TPSA) is 154 Å². The number of nitrogens with two attached hydrogens (primary N) is 2. The Bertz CT molecular complexity index is 1570. The van der Waals surface area contributed by atoms with Crippen molar-refractivity contribution in [2.75, 3.05) is 17.7 Å². The number of carbonyl (C=O) groups is 3. The molecule has 0 unspecified atom stereocenters. The third-order valence-corrected chi connectivity index (χ3v) is 7.97.